The first-order chi connectivity index (χ1) is 14.6. The van der Waals surface area contributed by atoms with Crippen LogP contribution in [0.15, 0.2) is 53.4 Å². The lowest BCUT2D eigenvalue weighted by Crippen LogP contribution is -2.34. The maximum atomic E-state index is 13.7. The summed E-state index contributed by atoms with van der Waals surface area (Å²) in [6, 6.07) is 12.9. The molecule has 2 aromatic carbocycles. The molecule has 0 amide bonds. The Balaban J connectivity index is 1.86. The zero-order chi connectivity index (χ0) is 22.4. The molecule has 3 aromatic rings. The minimum absolute atomic E-state index is 0.0301. The van der Waals surface area contributed by atoms with Crippen LogP contribution in [0, 0.1) is 5.92 Å². The summed E-state index contributed by atoms with van der Waals surface area (Å²) in [7, 11) is -3.96. The van der Waals surface area contributed by atoms with Crippen molar-refractivity contribution >= 4 is 42.4 Å². The quantitative estimate of drug-likeness (QED) is 0.503. The Morgan fingerprint density at radius 3 is 2.35 bits per heavy atom. The van der Waals surface area contributed by atoms with Gasteiger partial charge in [-0.15, -0.1) is 11.3 Å². The highest BCUT2D eigenvalue weighted by Crippen LogP contribution is 2.46. The number of nitrogens with zero attached hydrogens (tertiary/aromatic N) is 1. The molecule has 0 bridgehead atoms. The van der Waals surface area contributed by atoms with Crippen LogP contribution in [-0.4, -0.2) is 31.1 Å². The number of carboxylic acid groups (broad SMARTS) is 1. The molecule has 0 saturated heterocycles. The van der Waals surface area contributed by atoms with Crippen LogP contribution in [0.1, 0.15) is 49.0 Å². The van der Waals surface area contributed by atoms with Gasteiger partial charge in [0.05, 0.1) is 16.1 Å². The number of hydrogen-bond donors (Lipinski definition) is 2. The number of thiophene rings is 1. The van der Waals surface area contributed by atoms with Gasteiger partial charge in [0.15, 0.2) is 0 Å². The second-order valence-electron chi connectivity index (χ2n) is 8.48. The van der Waals surface area contributed by atoms with Crippen molar-refractivity contribution in [3.05, 3.63) is 59.7 Å². The van der Waals surface area contributed by atoms with E-state index in [-0.39, 0.29) is 10.5 Å². The fourth-order valence-electron chi connectivity index (χ4n) is 3.73. The lowest BCUT2D eigenvalue weighted by molar-refractivity contribution is 0.0696. The van der Waals surface area contributed by atoms with E-state index in [1.165, 1.54) is 39.9 Å². The second kappa shape index (κ2) is 7.93. The molecule has 1 saturated carbocycles. The van der Waals surface area contributed by atoms with E-state index < -0.39 is 21.6 Å². The van der Waals surface area contributed by atoms with Gasteiger partial charge >= 0.3 is 5.97 Å². The fourth-order valence-corrected chi connectivity index (χ4v) is 6.82. The van der Waals surface area contributed by atoms with Gasteiger partial charge in [-0.3, -0.25) is 4.31 Å². The summed E-state index contributed by atoms with van der Waals surface area (Å²) >= 11 is 1.35. The number of hydrogen-bond acceptors (Lipinski definition) is 5. The number of aromatic carboxylic acids is 1. The molecule has 164 valence electrons. The van der Waals surface area contributed by atoms with Gasteiger partial charge in [0.25, 0.3) is 10.0 Å². The number of benzene rings is 2. The van der Waals surface area contributed by atoms with Crippen molar-refractivity contribution in [1.29, 1.82) is 0 Å². The van der Waals surface area contributed by atoms with E-state index >= 15 is 0 Å². The predicted octanol–water partition coefficient (Wildman–Crippen LogP) is 4.82. The Morgan fingerprint density at radius 1 is 1.13 bits per heavy atom. The van der Waals surface area contributed by atoms with Gasteiger partial charge in [-0.05, 0) is 56.5 Å². The molecule has 31 heavy (non-hydrogen) atoms. The van der Waals surface area contributed by atoms with Crippen LogP contribution in [0.25, 0.3) is 10.1 Å². The molecule has 1 heterocycles. The van der Waals surface area contributed by atoms with Gasteiger partial charge in [0, 0.05) is 22.2 Å². The van der Waals surface area contributed by atoms with Crippen LogP contribution in [0.5, 0.6) is 0 Å². The number of carbonyl (C=O) groups is 1. The number of carboxylic acids is 1. The third-order valence-electron chi connectivity index (χ3n) is 5.54. The van der Waals surface area contributed by atoms with Crippen LogP contribution in [0.2, 0.25) is 0 Å². The highest BCUT2D eigenvalue weighted by Gasteiger charge is 2.35. The van der Waals surface area contributed by atoms with E-state index in [9.17, 15) is 18.3 Å². The Morgan fingerprint density at radius 2 is 1.77 bits per heavy atom. The summed E-state index contributed by atoms with van der Waals surface area (Å²) < 4.78 is 29.7. The van der Waals surface area contributed by atoms with Gasteiger partial charge < -0.3 is 10.2 Å². The lowest BCUT2D eigenvalue weighted by Gasteiger charge is -2.28. The first-order valence-corrected chi connectivity index (χ1v) is 12.4. The van der Waals surface area contributed by atoms with Crippen molar-refractivity contribution < 1.29 is 23.4 Å². The largest absolute Gasteiger partial charge is 0.478 e. The van der Waals surface area contributed by atoms with Crippen molar-refractivity contribution in [2.45, 2.75) is 43.6 Å². The van der Waals surface area contributed by atoms with E-state index in [1.54, 1.807) is 13.8 Å². The highest BCUT2D eigenvalue weighted by atomic mass is 32.2. The van der Waals surface area contributed by atoms with Crippen LogP contribution >= 0.6 is 11.3 Å². The minimum Gasteiger partial charge on any atom is -0.478 e. The van der Waals surface area contributed by atoms with Gasteiger partial charge in [-0.25, -0.2) is 13.2 Å². The number of sulfonamides is 1. The van der Waals surface area contributed by atoms with Gasteiger partial charge in [0.2, 0.25) is 0 Å². The third-order valence-corrected chi connectivity index (χ3v) is 8.66. The number of anilines is 1. The molecule has 1 aliphatic carbocycles. The van der Waals surface area contributed by atoms with Crippen LogP contribution in [0.3, 0.4) is 0 Å². The van der Waals surface area contributed by atoms with Crippen molar-refractivity contribution in [3.8, 4) is 0 Å². The lowest BCUT2D eigenvalue weighted by atomic mass is 9.97. The Bertz CT molecular complexity index is 1220. The van der Waals surface area contributed by atoms with Crippen LogP contribution in [-0.2, 0) is 15.6 Å². The van der Waals surface area contributed by atoms with Crippen molar-refractivity contribution in [1.82, 2.24) is 0 Å². The molecule has 8 heteroatoms. The molecule has 4 rings (SSSR count). The summed E-state index contributed by atoms with van der Waals surface area (Å²) in [5.74, 6) is -0.588. The normalized spacial score (nSPS) is 14.7. The molecule has 0 spiro atoms. The van der Waals surface area contributed by atoms with Gasteiger partial charge in [-0.2, -0.15) is 0 Å². The predicted molar refractivity (Wildman–Crippen MR) is 122 cm³/mol. The van der Waals surface area contributed by atoms with Crippen molar-refractivity contribution in [2.24, 2.45) is 5.92 Å². The minimum atomic E-state index is -3.96. The average Bonchev–Trinajstić information content (AvgIpc) is 3.44. The molecule has 1 fully saturated rings. The molecule has 0 aliphatic heterocycles. The summed E-state index contributed by atoms with van der Waals surface area (Å²) in [5.41, 5.74) is -0.618. The van der Waals surface area contributed by atoms with E-state index in [2.05, 4.69) is 0 Å². The molecule has 0 atom stereocenters. The topological polar surface area (TPSA) is 94.9 Å². The SMILES string of the molecule is CC(C)(O)c1c(N(CCC2CC2)S(=O)(=O)c2ccc(C(=O)O)cc2)sc2ccccc12. The monoisotopic (exact) mass is 459 g/mol. The second-order valence-corrected chi connectivity index (χ2v) is 11.4. The molecule has 0 unspecified atom stereocenters. The third kappa shape index (κ3) is 4.33. The molecule has 1 aliphatic rings. The highest BCUT2D eigenvalue weighted by molar-refractivity contribution is 7.93. The Hall–Kier alpha value is -2.42. The molecule has 6 nitrogen and oxygen atoms in total. The zero-order valence-electron chi connectivity index (χ0n) is 17.4. The standard InChI is InChI=1S/C23H25NO5S2/c1-23(2,27)20-18-5-3-4-6-19(18)30-21(20)24(14-13-15-7-8-15)31(28,29)17-11-9-16(10-12-17)22(25)26/h3-6,9-12,15,27H,7-8,13-14H2,1-2H3,(H,25,26). The van der Waals surface area contributed by atoms with Crippen LogP contribution in [0.4, 0.5) is 5.00 Å². The Kier molecular flexibility index (Phi) is 5.57. The van der Waals surface area contributed by atoms with E-state index in [0.717, 1.165) is 29.3 Å². The van der Waals surface area contributed by atoms with E-state index in [0.29, 0.717) is 23.0 Å². The van der Waals surface area contributed by atoms with Gasteiger partial charge in [-0.1, -0.05) is 31.0 Å². The van der Waals surface area contributed by atoms with Crippen molar-refractivity contribution in [2.75, 3.05) is 10.8 Å². The van der Waals surface area contributed by atoms with E-state index in [1.807, 2.05) is 24.3 Å². The summed E-state index contributed by atoms with van der Waals surface area (Å²) in [4.78, 5) is 11.2. The molecular weight excluding hydrogens is 434 g/mol. The molecule has 2 N–H and O–H groups in total. The van der Waals surface area contributed by atoms with E-state index in [4.69, 9.17) is 5.11 Å². The maximum Gasteiger partial charge on any atom is 0.335 e. The number of rotatable bonds is 8. The first-order valence-electron chi connectivity index (χ1n) is 10.2. The maximum absolute atomic E-state index is 13.7. The molecule has 0 radical (unpaired) electrons. The summed E-state index contributed by atoms with van der Waals surface area (Å²) in [5, 5.41) is 21.4. The number of aliphatic hydroxyl groups is 1. The molecule has 1 aromatic heterocycles. The molecular formula is C23H25NO5S2. The van der Waals surface area contributed by atoms with Crippen molar-refractivity contribution in [3.63, 3.8) is 0 Å². The van der Waals surface area contributed by atoms with Crippen LogP contribution < -0.4 is 4.31 Å². The van der Waals surface area contributed by atoms with Gasteiger partial charge in [0.1, 0.15) is 5.00 Å². The summed E-state index contributed by atoms with van der Waals surface area (Å²) in [6.07, 6.45) is 2.95. The Labute approximate surface area is 185 Å². The fraction of sp³-hybridized carbons (Fsp3) is 0.348. The summed E-state index contributed by atoms with van der Waals surface area (Å²) in [6.45, 7) is 3.64. The zero-order valence-corrected chi connectivity index (χ0v) is 19.0. The smallest absolute Gasteiger partial charge is 0.335 e. The number of fused-ring (bicyclic) bond motifs is 1. The average molecular weight is 460 g/mol. The first kappa shape index (κ1) is 21.8.